The van der Waals surface area contributed by atoms with Gasteiger partial charge in [-0.1, -0.05) is 0 Å². The van der Waals surface area contributed by atoms with Gasteiger partial charge >= 0.3 is 11.9 Å². The van der Waals surface area contributed by atoms with E-state index < -0.39 is 11.9 Å². The summed E-state index contributed by atoms with van der Waals surface area (Å²) in [7, 11) is 1.23. The highest BCUT2D eigenvalue weighted by molar-refractivity contribution is 6.05. The maximum atomic E-state index is 10.2. The quantitative estimate of drug-likeness (QED) is 0.554. The maximum Gasteiger partial charge on any atom is 0.306 e. The number of carboxylic acid groups (broad SMARTS) is 1. The molecule has 0 aromatic carbocycles. The van der Waals surface area contributed by atoms with Crippen molar-refractivity contribution in [3.63, 3.8) is 0 Å². The number of ketones is 2. The molecule has 90 valence electrons. The van der Waals surface area contributed by atoms with E-state index in [9.17, 15) is 19.2 Å². The highest BCUT2D eigenvalue weighted by atomic mass is 16.5. The molecule has 1 fully saturated rings. The molecule has 0 bridgehead atoms. The van der Waals surface area contributed by atoms with Crippen LogP contribution in [0.5, 0.6) is 0 Å². The fourth-order valence-corrected chi connectivity index (χ4v) is 0.987. The van der Waals surface area contributed by atoms with Crippen molar-refractivity contribution in [2.45, 2.75) is 32.1 Å². The maximum absolute atomic E-state index is 10.2. The van der Waals surface area contributed by atoms with Crippen LogP contribution in [0.3, 0.4) is 0 Å². The topological polar surface area (TPSA) is 97.7 Å². The number of methoxy groups -OCH3 is 1. The van der Waals surface area contributed by atoms with Gasteiger partial charge in [0.15, 0.2) is 0 Å². The molecule has 0 aromatic heterocycles. The number of ether oxygens (including phenoxy) is 1. The Bertz CT molecular complexity index is 280. The van der Waals surface area contributed by atoms with E-state index in [1.807, 2.05) is 0 Å². The minimum absolute atomic E-state index is 0.0498. The molecule has 0 atom stereocenters. The van der Waals surface area contributed by atoms with E-state index >= 15 is 0 Å². The summed E-state index contributed by atoms with van der Waals surface area (Å²) in [6.07, 6.45) is 0.955. The molecule has 0 aromatic rings. The van der Waals surface area contributed by atoms with Crippen molar-refractivity contribution in [1.82, 2.24) is 0 Å². The molecule has 16 heavy (non-hydrogen) atoms. The summed E-state index contributed by atoms with van der Waals surface area (Å²) in [5.41, 5.74) is 0. The molecule has 0 amide bonds. The van der Waals surface area contributed by atoms with Crippen molar-refractivity contribution in [3.8, 4) is 0 Å². The van der Waals surface area contributed by atoms with Crippen molar-refractivity contribution in [2.24, 2.45) is 0 Å². The first-order valence-corrected chi connectivity index (χ1v) is 4.77. The first kappa shape index (κ1) is 14.3. The van der Waals surface area contributed by atoms with Gasteiger partial charge in [-0.05, 0) is 0 Å². The molecule has 1 aliphatic rings. The van der Waals surface area contributed by atoms with E-state index in [1.54, 1.807) is 0 Å². The molecule has 1 N–H and O–H groups in total. The van der Waals surface area contributed by atoms with Gasteiger partial charge in [0.1, 0.15) is 11.6 Å². The predicted molar refractivity (Wildman–Crippen MR) is 52.8 cm³/mol. The number of carbonyl (C=O) groups is 4. The van der Waals surface area contributed by atoms with Crippen LogP contribution in [-0.4, -0.2) is 35.7 Å². The van der Waals surface area contributed by atoms with E-state index in [-0.39, 0.29) is 30.8 Å². The van der Waals surface area contributed by atoms with Crippen LogP contribution >= 0.6 is 0 Å². The molecule has 0 unspecified atom stereocenters. The van der Waals surface area contributed by atoms with Gasteiger partial charge in [-0.2, -0.15) is 0 Å². The molecule has 6 heteroatoms. The summed E-state index contributed by atoms with van der Waals surface area (Å²) in [4.78, 5) is 40.5. The Balaban J connectivity index is 0.000000288. The summed E-state index contributed by atoms with van der Waals surface area (Å²) in [6.45, 7) is 0. The Hall–Kier alpha value is -1.72. The lowest BCUT2D eigenvalue weighted by Gasteiger charge is -1.92. The van der Waals surface area contributed by atoms with Crippen LogP contribution in [0.15, 0.2) is 0 Å². The summed E-state index contributed by atoms with van der Waals surface area (Å²) < 4.78 is 4.20. The number of Topliss-reactive ketones (excluding diaryl/α,β-unsaturated/α-hetero) is 2. The molecule has 0 saturated heterocycles. The second kappa shape index (κ2) is 7.56. The minimum Gasteiger partial charge on any atom is -0.481 e. The minimum atomic E-state index is -0.986. The lowest BCUT2D eigenvalue weighted by atomic mass is 10.3. The third kappa shape index (κ3) is 7.66. The third-order valence-electron chi connectivity index (χ3n) is 1.85. The largest absolute Gasteiger partial charge is 0.481 e. The van der Waals surface area contributed by atoms with Gasteiger partial charge < -0.3 is 9.84 Å². The number of aliphatic carboxylic acids is 1. The Labute approximate surface area is 92.6 Å². The second-order valence-corrected chi connectivity index (χ2v) is 3.22. The van der Waals surface area contributed by atoms with Crippen LogP contribution in [0.4, 0.5) is 0 Å². The molecule has 0 radical (unpaired) electrons. The number of carbonyl (C=O) groups excluding carboxylic acids is 3. The Morgan fingerprint density at radius 1 is 1.19 bits per heavy atom. The van der Waals surface area contributed by atoms with Crippen LogP contribution < -0.4 is 0 Å². The Morgan fingerprint density at radius 2 is 1.69 bits per heavy atom. The van der Waals surface area contributed by atoms with E-state index in [4.69, 9.17) is 5.11 Å². The third-order valence-corrected chi connectivity index (χ3v) is 1.85. The standard InChI is InChI=1S/C5H8O4.C5H6O2/c1-9-5(8)3-2-4(6)7;6-4-1-2-5(7)3-4/h2-3H2,1H3,(H,6,7);1-3H2. The molecule has 0 aliphatic heterocycles. The van der Waals surface area contributed by atoms with Gasteiger partial charge in [-0.3, -0.25) is 19.2 Å². The molecule has 0 spiro atoms. The zero-order valence-electron chi connectivity index (χ0n) is 9.02. The zero-order chi connectivity index (χ0) is 12.6. The Morgan fingerprint density at radius 3 is 1.94 bits per heavy atom. The number of hydrogen-bond acceptors (Lipinski definition) is 5. The number of esters is 1. The van der Waals surface area contributed by atoms with Gasteiger partial charge in [-0.25, -0.2) is 0 Å². The molecule has 0 heterocycles. The average Bonchev–Trinajstić information content (AvgIpc) is 2.59. The fourth-order valence-electron chi connectivity index (χ4n) is 0.987. The fraction of sp³-hybridized carbons (Fsp3) is 0.600. The highest BCUT2D eigenvalue weighted by Gasteiger charge is 2.17. The second-order valence-electron chi connectivity index (χ2n) is 3.22. The van der Waals surface area contributed by atoms with E-state index in [0.29, 0.717) is 12.8 Å². The van der Waals surface area contributed by atoms with Crippen LogP contribution in [0.2, 0.25) is 0 Å². The molecule has 6 nitrogen and oxygen atoms in total. The molecule has 1 aliphatic carbocycles. The van der Waals surface area contributed by atoms with Gasteiger partial charge in [0.2, 0.25) is 0 Å². The lowest BCUT2D eigenvalue weighted by Crippen LogP contribution is -2.04. The highest BCUT2D eigenvalue weighted by Crippen LogP contribution is 2.07. The molecular weight excluding hydrogens is 216 g/mol. The summed E-state index contributed by atoms with van der Waals surface area (Å²) in [6, 6.07) is 0. The van der Waals surface area contributed by atoms with Crippen molar-refractivity contribution >= 4 is 23.5 Å². The Kier molecular flexibility index (Phi) is 6.74. The molecule has 1 rings (SSSR count). The first-order chi connectivity index (χ1) is 7.45. The number of hydrogen-bond donors (Lipinski definition) is 1. The van der Waals surface area contributed by atoms with Crippen molar-refractivity contribution < 1.29 is 29.0 Å². The van der Waals surface area contributed by atoms with Crippen LogP contribution in [0.25, 0.3) is 0 Å². The van der Waals surface area contributed by atoms with Crippen molar-refractivity contribution in [3.05, 3.63) is 0 Å². The van der Waals surface area contributed by atoms with Crippen LogP contribution in [-0.2, 0) is 23.9 Å². The van der Waals surface area contributed by atoms with E-state index in [2.05, 4.69) is 4.74 Å². The monoisotopic (exact) mass is 230 g/mol. The van der Waals surface area contributed by atoms with E-state index in [1.165, 1.54) is 7.11 Å². The number of rotatable bonds is 3. The summed E-state index contributed by atoms with van der Waals surface area (Å²) in [5.74, 6) is -1.27. The van der Waals surface area contributed by atoms with Gasteiger partial charge in [0.05, 0.1) is 26.4 Å². The predicted octanol–water partition coefficient (Wildman–Crippen LogP) is 0.333. The van der Waals surface area contributed by atoms with Gasteiger partial charge in [-0.15, -0.1) is 0 Å². The van der Waals surface area contributed by atoms with Gasteiger partial charge in [0, 0.05) is 12.8 Å². The van der Waals surface area contributed by atoms with Crippen LogP contribution in [0, 0.1) is 0 Å². The molecular formula is C10H14O6. The number of carboxylic acids is 1. The normalized spacial score (nSPS) is 14.1. The summed E-state index contributed by atoms with van der Waals surface area (Å²) >= 11 is 0. The van der Waals surface area contributed by atoms with Crippen LogP contribution in [0.1, 0.15) is 32.1 Å². The van der Waals surface area contributed by atoms with E-state index in [0.717, 1.165) is 0 Å². The molecule has 1 saturated carbocycles. The summed E-state index contributed by atoms with van der Waals surface area (Å²) in [5, 5.41) is 8.05. The first-order valence-electron chi connectivity index (χ1n) is 4.77. The van der Waals surface area contributed by atoms with Gasteiger partial charge in [0.25, 0.3) is 0 Å². The smallest absolute Gasteiger partial charge is 0.306 e. The SMILES string of the molecule is COC(=O)CCC(=O)O.O=C1CCC(=O)C1. The van der Waals surface area contributed by atoms with Crippen molar-refractivity contribution in [2.75, 3.05) is 7.11 Å². The lowest BCUT2D eigenvalue weighted by molar-refractivity contribution is -0.145. The zero-order valence-corrected chi connectivity index (χ0v) is 9.02. The average molecular weight is 230 g/mol. The van der Waals surface area contributed by atoms with Crippen molar-refractivity contribution in [1.29, 1.82) is 0 Å².